The minimum Gasteiger partial charge on any atom is -0.404 e. The molecule has 10 heteroatoms. The third kappa shape index (κ3) is 4.99. The van der Waals surface area contributed by atoms with Gasteiger partial charge >= 0.3 is 0 Å². The van der Waals surface area contributed by atoms with Crippen LogP contribution >= 0.6 is 0 Å². The summed E-state index contributed by atoms with van der Waals surface area (Å²) in [5, 5.41) is 27.0. The van der Waals surface area contributed by atoms with Gasteiger partial charge in [-0.15, -0.1) is 0 Å². The van der Waals surface area contributed by atoms with Crippen LogP contribution in [0.25, 0.3) is 11.1 Å². The summed E-state index contributed by atoms with van der Waals surface area (Å²) in [4.78, 5) is 13.9. The van der Waals surface area contributed by atoms with E-state index in [4.69, 9.17) is 10.7 Å². The number of hydrogen-bond donors (Lipinski definition) is 2. The van der Waals surface area contributed by atoms with Crippen LogP contribution in [0.5, 0.6) is 0 Å². The second-order valence-electron chi connectivity index (χ2n) is 11.2. The van der Waals surface area contributed by atoms with Gasteiger partial charge in [-0.3, -0.25) is 14.9 Å². The molecule has 206 valence electrons. The van der Waals surface area contributed by atoms with Gasteiger partial charge in [0, 0.05) is 55.1 Å². The molecule has 0 radical (unpaired) electrons. The van der Waals surface area contributed by atoms with Gasteiger partial charge in [-0.1, -0.05) is 6.07 Å². The van der Waals surface area contributed by atoms with Crippen LogP contribution in [0.4, 0.5) is 5.69 Å². The third-order valence-corrected chi connectivity index (χ3v) is 8.41. The van der Waals surface area contributed by atoms with Crippen molar-refractivity contribution in [1.29, 1.82) is 10.5 Å². The van der Waals surface area contributed by atoms with Gasteiger partial charge in [0.1, 0.15) is 11.6 Å². The Morgan fingerprint density at radius 2 is 2.05 bits per heavy atom. The van der Waals surface area contributed by atoms with E-state index in [0.29, 0.717) is 17.1 Å². The highest BCUT2D eigenvalue weighted by atomic mass is 15.4. The van der Waals surface area contributed by atoms with Crippen LogP contribution in [-0.2, 0) is 0 Å². The van der Waals surface area contributed by atoms with Gasteiger partial charge < -0.3 is 16.0 Å². The van der Waals surface area contributed by atoms with Crippen LogP contribution in [0.15, 0.2) is 54.0 Å². The van der Waals surface area contributed by atoms with Crippen molar-refractivity contribution < 1.29 is 0 Å². The number of allylic oxidation sites excluding steroid dienone is 1. The Labute approximate surface area is 235 Å². The summed E-state index contributed by atoms with van der Waals surface area (Å²) in [7, 11) is 0. The SMILES string of the molecule is CC(=NC1CCN(C2CN(C#N)C2(C)C)CC1)/C(=C\N)c1cc(NC(C)c2ccccn2)c2c(C#N)cnn2c1. The zero-order valence-corrected chi connectivity index (χ0v) is 23.5. The van der Waals surface area contributed by atoms with Crippen molar-refractivity contribution >= 4 is 22.5 Å². The lowest BCUT2D eigenvalue weighted by Crippen LogP contribution is -2.72. The number of pyridine rings is 2. The zero-order chi connectivity index (χ0) is 28.4. The predicted molar refractivity (Wildman–Crippen MR) is 156 cm³/mol. The van der Waals surface area contributed by atoms with E-state index in [1.807, 2.05) is 49.2 Å². The Morgan fingerprint density at radius 1 is 1.27 bits per heavy atom. The Kier molecular flexibility index (Phi) is 7.46. The number of aromatic nitrogens is 3. The van der Waals surface area contributed by atoms with E-state index in [1.165, 1.54) is 0 Å². The highest BCUT2D eigenvalue weighted by Gasteiger charge is 2.49. The van der Waals surface area contributed by atoms with Crippen LogP contribution in [0, 0.1) is 22.8 Å². The number of hydrogen-bond acceptors (Lipinski definition) is 9. The number of aliphatic imine (C=N–C) groups is 1. The van der Waals surface area contributed by atoms with Crippen LogP contribution in [0.1, 0.15) is 63.4 Å². The number of rotatable bonds is 7. The summed E-state index contributed by atoms with van der Waals surface area (Å²) < 4.78 is 1.72. The Balaban J connectivity index is 1.36. The minimum absolute atomic E-state index is 0.0900. The lowest BCUT2D eigenvalue weighted by atomic mass is 9.81. The van der Waals surface area contributed by atoms with E-state index in [1.54, 1.807) is 23.1 Å². The molecule has 3 N–H and O–H groups in total. The van der Waals surface area contributed by atoms with E-state index in [-0.39, 0.29) is 17.6 Å². The standard InChI is InChI=1S/C30H36N10/c1-20(36-24-8-11-38(12-9-24)28-18-39(19-33)30(28,3)4)25(15-32)22-13-27(29-23(14-31)16-35-40(29)17-22)37-21(2)26-7-5-6-10-34-26/h5-7,10,13,15-17,21,24,28,37H,8-9,11-12,18,32H2,1-4H3/b25-15+,36-20?. The third-order valence-electron chi connectivity index (χ3n) is 8.41. The molecule has 0 saturated carbocycles. The van der Waals surface area contributed by atoms with Gasteiger partial charge in [0.15, 0.2) is 6.19 Å². The second-order valence-corrected chi connectivity index (χ2v) is 11.2. The molecule has 0 spiro atoms. The van der Waals surface area contributed by atoms with Crippen molar-refractivity contribution in [3.8, 4) is 12.3 Å². The van der Waals surface area contributed by atoms with Crippen molar-refractivity contribution in [3.63, 3.8) is 0 Å². The summed E-state index contributed by atoms with van der Waals surface area (Å²) in [6.45, 7) is 11.1. The maximum Gasteiger partial charge on any atom is 0.179 e. The predicted octanol–water partition coefficient (Wildman–Crippen LogP) is 3.94. The van der Waals surface area contributed by atoms with Gasteiger partial charge in [0.25, 0.3) is 0 Å². The van der Waals surface area contributed by atoms with E-state index < -0.39 is 0 Å². The van der Waals surface area contributed by atoms with E-state index in [9.17, 15) is 10.5 Å². The van der Waals surface area contributed by atoms with Gasteiger partial charge in [-0.25, -0.2) is 4.52 Å². The Morgan fingerprint density at radius 3 is 2.67 bits per heavy atom. The molecule has 0 bridgehead atoms. The molecule has 10 nitrogen and oxygen atoms in total. The van der Waals surface area contributed by atoms with Gasteiger partial charge in [0.05, 0.1) is 46.8 Å². The number of anilines is 1. The number of nitrogens with zero attached hydrogens (tertiary/aromatic N) is 8. The van der Waals surface area contributed by atoms with E-state index >= 15 is 0 Å². The quantitative estimate of drug-likeness (QED) is 0.342. The lowest BCUT2D eigenvalue weighted by Gasteiger charge is -2.57. The number of piperidine rings is 1. The fourth-order valence-corrected chi connectivity index (χ4v) is 5.93. The van der Waals surface area contributed by atoms with Crippen molar-refractivity contribution in [1.82, 2.24) is 24.4 Å². The first kappa shape index (κ1) is 27.2. The molecular weight excluding hydrogens is 500 g/mol. The van der Waals surface area contributed by atoms with Crippen LogP contribution in [0.2, 0.25) is 0 Å². The van der Waals surface area contributed by atoms with Gasteiger partial charge in [-0.05, 0) is 58.7 Å². The van der Waals surface area contributed by atoms with Crippen LogP contribution in [0.3, 0.4) is 0 Å². The molecule has 5 heterocycles. The first-order valence-corrected chi connectivity index (χ1v) is 13.7. The molecule has 2 atom stereocenters. The smallest absolute Gasteiger partial charge is 0.179 e. The maximum absolute atomic E-state index is 9.71. The molecule has 0 aromatic carbocycles. The van der Waals surface area contributed by atoms with E-state index in [2.05, 4.69) is 46.4 Å². The fraction of sp³-hybridized carbons (Fsp3) is 0.433. The summed E-state index contributed by atoms with van der Waals surface area (Å²) in [5.74, 6) is 0. The largest absolute Gasteiger partial charge is 0.404 e. The zero-order valence-electron chi connectivity index (χ0n) is 23.5. The minimum atomic E-state index is -0.118. The molecule has 2 aliphatic rings. The van der Waals surface area contributed by atoms with E-state index in [0.717, 1.165) is 60.7 Å². The van der Waals surface area contributed by atoms with Crippen molar-refractivity contribution in [2.75, 3.05) is 25.0 Å². The molecule has 2 saturated heterocycles. The highest BCUT2D eigenvalue weighted by molar-refractivity contribution is 6.22. The molecule has 0 aliphatic carbocycles. The van der Waals surface area contributed by atoms with Gasteiger partial charge in [-0.2, -0.15) is 15.6 Å². The van der Waals surface area contributed by atoms with Crippen molar-refractivity contribution in [2.24, 2.45) is 10.7 Å². The monoisotopic (exact) mass is 536 g/mol. The number of nitrogens with one attached hydrogen (secondary N) is 1. The number of nitriles is 2. The summed E-state index contributed by atoms with van der Waals surface area (Å²) in [5.41, 5.74) is 11.5. The second kappa shape index (κ2) is 11.0. The molecule has 40 heavy (non-hydrogen) atoms. The van der Waals surface area contributed by atoms with Crippen molar-refractivity contribution in [2.45, 2.75) is 64.2 Å². The van der Waals surface area contributed by atoms with Crippen LogP contribution in [-0.4, -0.2) is 67.4 Å². The molecule has 2 unspecified atom stereocenters. The number of fused-ring (bicyclic) bond motifs is 1. The normalized spacial score (nSPS) is 20.9. The average molecular weight is 537 g/mol. The Bertz CT molecular complexity index is 1510. The topological polar surface area (TPSA) is 135 Å². The summed E-state index contributed by atoms with van der Waals surface area (Å²) >= 11 is 0. The maximum atomic E-state index is 9.71. The number of likely N-dealkylation sites (tertiary alicyclic amines) is 2. The molecule has 2 fully saturated rings. The molecule has 3 aromatic heterocycles. The summed E-state index contributed by atoms with van der Waals surface area (Å²) in [6, 6.07) is 10.6. The lowest BCUT2D eigenvalue weighted by molar-refractivity contribution is -0.0570. The average Bonchev–Trinajstić information content (AvgIpc) is 3.38. The summed E-state index contributed by atoms with van der Waals surface area (Å²) in [6.07, 6.45) is 11.1. The first-order valence-electron chi connectivity index (χ1n) is 13.7. The first-order chi connectivity index (χ1) is 19.3. The van der Waals surface area contributed by atoms with Gasteiger partial charge in [0.2, 0.25) is 0 Å². The fourth-order valence-electron chi connectivity index (χ4n) is 5.93. The molecule has 3 aromatic rings. The molecular formula is C30H36N10. The van der Waals surface area contributed by atoms with Crippen molar-refractivity contribution in [3.05, 3.63) is 65.9 Å². The van der Waals surface area contributed by atoms with Crippen LogP contribution < -0.4 is 11.1 Å². The Hall–Kier alpha value is -4.41. The number of nitrogens with two attached hydrogens (primary N) is 1. The molecule has 2 aliphatic heterocycles. The highest BCUT2D eigenvalue weighted by Crippen LogP contribution is 2.35. The molecule has 0 amide bonds. The molecule has 5 rings (SSSR count).